The second-order valence-corrected chi connectivity index (χ2v) is 5.49. The summed E-state index contributed by atoms with van der Waals surface area (Å²) < 4.78 is 6.86. The zero-order valence-corrected chi connectivity index (χ0v) is 12.6. The van der Waals surface area contributed by atoms with Gasteiger partial charge in [-0.2, -0.15) is 4.68 Å². The number of nitrogens with one attached hydrogen (secondary N) is 1. The number of halogens is 1. The number of aromatic nitrogens is 3. The smallest absolute Gasteiger partial charge is 0.275 e. The van der Waals surface area contributed by atoms with Crippen LogP contribution >= 0.6 is 11.6 Å². The van der Waals surface area contributed by atoms with Crippen molar-refractivity contribution in [3.05, 3.63) is 35.0 Å². The van der Waals surface area contributed by atoms with Crippen LogP contribution in [-0.2, 0) is 4.74 Å². The van der Waals surface area contributed by atoms with Crippen molar-refractivity contribution in [1.82, 2.24) is 20.3 Å². The van der Waals surface area contributed by atoms with E-state index >= 15 is 0 Å². The standard InChI is InChI=1S/C14H16ClN5O2/c15-9-3-5-10(6-4-9)20-13(16)12(18-19-20)14(21)17-8-11-2-1-7-22-11/h3-6,11H,1-2,7-8,16H2,(H,17,21)/t11-/m0/s1. The largest absolute Gasteiger partial charge is 0.382 e. The number of ether oxygens (including phenoxy) is 1. The van der Waals surface area contributed by atoms with E-state index < -0.39 is 0 Å². The van der Waals surface area contributed by atoms with Crippen molar-refractivity contribution >= 4 is 23.3 Å². The Kier molecular flexibility index (Phi) is 4.26. The molecule has 0 radical (unpaired) electrons. The van der Waals surface area contributed by atoms with Gasteiger partial charge in [-0.1, -0.05) is 16.8 Å². The number of benzene rings is 1. The second kappa shape index (κ2) is 6.33. The lowest BCUT2D eigenvalue weighted by atomic mass is 10.2. The Labute approximate surface area is 132 Å². The molecular weight excluding hydrogens is 306 g/mol. The summed E-state index contributed by atoms with van der Waals surface area (Å²) in [5.74, 6) is -0.166. The molecule has 1 atom stereocenters. The maximum Gasteiger partial charge on any atom is 0.275 e. The summed E-state index contributed by atoms with van der Waals surface area (Å²) in [4.78, 5) is 12.1. The molecule has 0 spiro atoms. The van der Waals surface area contributed by atoms with Crippen LogP contribution in [-0.4, -0.2) is 40.2 Å². The zero-order valence-electron chi connectivity index (χ0n) is 11.8. The lowest BCUT2D eigenvalue weighted by molar-refractivity contribution is 0.0854. The fourth-order valence-corrected chi connectivity index (χ4v) is 2.45. The highest BCUT2D eigenvalue weighted by molar-refractivity contribution is 6.30. The Bertz CT molecular complexity index is 664. The molecule has 3 N–H and O–H groups in total. The van der Waals surface area contributed by atoms with Gasteiger partial charge < -0.3 is 15.8 Å². The van der Waals surface area contributed by atoms with Gasteiger partial charge in [-0.3, -0.25) is 4.79 Å². The van der Waals surface area contributed by atoms with Crippen LogP contribution in [0.4, 0.5) is 5.82 Å². The van der Waals surface area contributed by atoms with E-state index in [4.69, 9.17) is 22.1 Å². The average Bonchev–Trinajstić information content (AvgIpc) is 3.15. The average molecular weight is 322 g/mol. The SMILES string of the molecule is Nc1c(C(=O)NC[C@@H]2CCCO2)nnn1-c1ccc(Cl)cc1. The van der Waals surface area contributed by atoms with Gasteiger partial charge in [0.2, 0.25) is 0 Å². The quantitative estimate of drug-likeness (QED) is 0.887. The van der Waals surface area contributed by atoms with Crippen molar-refractivity contribution in [3.63, 3.8) is 0 Å². The normalized spacial score (nSPS) is 17.6. The van der Waals surface area contributed by atoms with Crippen LogP contribution < -0.4 is 11.1 Å². The van der Waals surface area contributed by atoms with Gasteiger partial charge in [0, 0.05) is 18.2 Å². The van der Waals surface area contributed by atoms with E-state index in [2.05, 4.69) is 15.6 Å². The molecule has 1 saturated heterocycles. The topological polar surface area (TPSA) is 95.1 Å². The van der Waals surface area contributed by atoms with Crippen LogP contribution in [0.25, 0.3) is 5.69 Å². The van der Waals surface area contributed by atoms with Crippen molar-refractivity contribution in [1.29, 1.82) is 0 Å². The molecule has 2 aromatic rings. The minimum Gasteiger partial charge on any atom is -0.382 e. The van der Waals surface area contributed by atoms with Gasteiger partial charge in [0.1, 0.15) is 0 Å². The Morgan fingerprint density at radius 2 is 2.23 bits per heavy atom. The van der Waals surface area contributed by atoms with Gasteiger partial charge in [-0.05, 0) is 37.1 Å². The molecule has 0 unspecified atom stereocenters. The van der Waals surface area contributed by atoms with E-state index in [1.54, 1.807) is 24.3 Å². The molecule has 3 rings (SSSR count). The van der Waals surface area contributed by atoms with Gasteiger partial charge in [0.25, 0.3) is 5.91 Å². The molecule has 1 aliphatic heterocycles. The maximum absolute atomic E-state index is 12.1. The van der Waals surface area contributed by atoms with Crippen LogP contribution in [0, 0.1) is 0 Å². The minimum atomic E-state index is -0.354. The molecular formula is C14H16ClN5O2. The first-order valence-corrected chi connectivity index (χ1v) is 7.40. The van der Waals surface area contributed by atoms with Crippen molar-refractivity contribution in [2.75, 3.05) is 18.9 Å². The Morgan fingerprint density at radius 1 is 1.45 bits per heavy atom. The van der Waals surface area contributed by atoms with Crippen LogP contribution in [0.5, 0.6) is 0 Å². The number of nitrogen functional groups attached to an aromatic ring is 1. The summed E-state index contributed by atoms with van der Waals surface area (Å²) in [7, 11) is 0. The van der Waals surface area contributed by atoms with Gasteiger partial charge in [-0.25, -0.2) is 0 Å². The van der Waals surface area contributed by atoms with Crippen molar-refractivity contribution < 1.29 is 9.53 Å². The highest BCUT2D eigenvalue weighted by Crippen LogP contribution is 2.17. The van der Waals surface area contributed by atoms with E-state index in [0.717, 1.165) is 19.4 Å². The van der Waals surface area contributed by atoms with E-state index in [1.165, 1.54) is 4.68 Å². The van der Waals surface area contributed by atoms with E-state index in [1.807, 2.05) is 0 Å². The van der Waals surface area contributed by atoms with E-state index in [0.29, 0.717) is 17.3 Å². The molecule has 1 fully saturated rings. The summed E-state index contributed by atoms with van der Waals surface area (Å²) in [6.45, 7) is 1.20. The van der Waals surface area contributed by atoms with Crippen LogP contribution in [0.2, 0.25) is 5.02 Å². The number of carbonyl (C=O) groups excluding carboxylic acids is 1. The first-order valence-electron chi connectivity index (χ1n) is 7.02. The lowest BCUT2D eigenvalue weighted by Crippen LogP contribution is -2.32. The molecule has 0 aliphatic carbocycles. The highest BCUT2D eigenvalue weighted by atomic mass is 35.5. The van der Waals surface area contributed by atoms with Gasteiger partial charge >= 0.3 is 0 Å². The molecule has 7 nitrogen and oxygen atoms in total. The minimum absolute atomic E-state index is 0.0662. The first-order chi connectivity index (χ1) is 10.6. The number of nitrogens with two attached hydrogens (primary N) is 1. The van der Waals surface area contributed by atoms with Crippen LogP contribution in [0.1, 0.15) is 23.3 Å². The Hall–Kier alpha value is -2.12. The fraction of sp³-hybridized carbons (Fsp3) is 0.357. The molecule has 22 heavy (non-hydrogen) atoms. The predicted molar refractivity (Wildman–Crippen MR) is 82.1 cm³/mol. The third-order valence-electron chi connectivity index (χ3n) is 3.51. The van der Waals surface area contributed by atoms with E-state index in [9.17, 15) is 4.79 Å². The Morgan fingerprint density at radius 3 is 2.91 bits per heavy atom. The molecule has 116 valence electrons. The number of amides is 1. The third kappa shape index (κ3) is 3.05. The third-order valence-corrected chi connectivity index (χ3v) is 3.76. The number of carbonyl (C=O) groups is 1. The summed E-state index contributed by atoms with van der Waals surface area (Å²) in [5, 5.41) is 11.2. The molecule has 1 amide bonds. The second-order valence-electron chi connectivity index (χ2n) is 5.06. The summed E-state index contributed by atoms with van der Waals surface area (Å²) in [6.07, 6.45) is 2.04. The molecule has 8 heteroatoms. The van der Waals surface area contributed by atoms with Gasteiger partial charge in [-0.15, -0.1) is 5.10 Å². The summed E-state index contributed by atoms with van der Waals surface area (Å²) >= 11 is 5.85. The molecule has 1 aromatic carbocycles. The predicted octanol–water partition coefficient (Wildman–Crippen LogP) is 1.41. The number of anilines is 1. The number of nitrogens with zero attached hydrogens (tertiary/aromatic N) is 3. The fourth-order valence-electron chi connectivity index (χ4n) is 2.32. The lowest BCUT2D eigenvalue weighted by Gasteiger charge is -2.09. The number of hydrogen-bond donors (Lipinski definition) is 2. The van der Waals surface area contributed by atoms with Crippen molar-refractivity contribution in [3.8, 4) is 5.69 Å². The molecule has 1 aromatic heterocycles. The zero-order chi connectivity index (χ0) is 15.5. The molecule has 1 aliphatic rings. The molecule has 0 saturated carbocycles. The number of hydrogen-bond acceptors (Lipinski definition) is 5. The van der Waals surface area contributed by atoms with Crippen LogP contribution in [0.15, 0.2) is 24.3 Å². The van der Waals surface area contributed by atoms with Gasteiger partial charge in [0.15, 0.2) is 11.5 Å². The van der Waals surface area contributed by atoms with Crippen LogP contribution in [0.3, 0.4) is 0 Å². The summed E-state index contributed by atoms with van der Waals surface area (Å²) in [5.41, 5.74) is 6.76. The van der Waals surface area contributed by atoms with Crippen molar-refractivity contribution in [2.45, 2.75) is 18.9 Å². The van der Waals surface area contributed by atoms with Gasteiger partial charge in [0.05, 0.1) is 11.8 Å². The first kappa shape index (κ1) is 14.8. The molecule has 0 bridgehead atoms. The number of rotatable bonds is 4. The monoisotopic (exact) mass is 321 g/mol. The van der Waals surface area contributed by atoms with Crippen molar-refractivity contribution in [2.24, 2.45) is 0 Å². The summed E-state index contributed by atoms with van der Waals surface area (Å²) in [6, 6.07) is 6.94. The van der Waals surface area contributed by atoms with E-state index in [-0.39, 0.29) is 23.5 Å². The Balaban J connectivity index is 1.72. The maximum atomic E-state index is 12.1. The molecule has 2 heterocycles. The highest BCUT2D eigenvalue weighted by Gasteiger charge is 2.21.